The molecule has 1 aliphatic rings. The van der Waals surface area contributed by atoms with Gasteiger partial charge in [0.2, 0.25) is 0 Å². The van der Waals surface area contributed by atoms with Crippen molar-refractivity contribution < 1.29 is 4.92 Å². The second-order valence-corrected chi connectivity index (χ2v) is 4.96. The summed E-state index contributed by atoms with van der Waals surface area (Å²) >= 11 is 4.95. The van der Waals surface area contributed by atoms with Crippen molar-refractivity contribution in [3.8, 4) is 0 Å². The largest absolute Gasteiger partial charge is 0.376 e. The molecule has 0 spiro atoms. The molecule has 0 aromatic heterocycles. The highest BCUT2D eigenvalue weighted by Gasteiger charge is 2.19. The molecule has 1 aromatic rings. The normalized spacial score (nSPS) is 15.4. The molecule has 0 bridgehead atoms. The van der Waals surface area contributed by atoms with E-state index in [0.717, 1.165) is 37.4 Å². The van der Waals surface area contributed by atoms with Crippen molar-refractivity contribution in [3.05, 3.63) is 33.9 Å². The number of nitro groups is 1. The average Bonchev–Trinajstić information content (AvgIpc) is 2.38. The van der Waals surface area contributed by atoms with Gasteiger partial charge in [0.25, 0.3) is 5.69 Å². The first kappa shape index (κ1) is 13.5. The summed E-state index contributed by atoms with van der Waals surface area (Å²) in [5.41, 5.74) is 7.68. The summed E-state index contributed by atoms with van der Waals surface area (Å²) in [5.74, 6) is 0. The van der Waals surface area contributed by atoms with Crippen molar-refractivity contribution in [1.29, 1.82) is 0 Å². The number of hydrogen-bond donors (Lipinski definition) is 1. The third-order valence-electron chi connectivity index (χ3n) is 3.32. The highest BCUT2D eigenvalue weighted by Crippen LogP contribution is 2.25. The molecule has 0 atom stereocenters. The summed E-state index contributed by atoms with van der Waals surface area (Å²) in [4.78, 5) is 14.5. The van der Waals surface area contributed by atoms with Gasteiger partial charge < -0.3 is 15.5 Å². The van der Waals surface area contributed by atoms with Crippen LogP contribution in [0.5, 0.6) is 0 Å². The number of anilines is 1. The van der Waals surface area contributed by atoms with E-state index in [9.17, 15) is 10.1 Å². The number of non-ortho nitro benzene ring substituents is 1. The van der Waals surface area contributed by atoms with Gasteiger partial charge in [0, 0.05) is 44.0 Å². The molecule has 102 valence electrons. The van der Waals surface area contributed by atoms with Crippen LogP contribution in [0.2, 0.25) is 0 Å². The van der Waals surface area contributed by atoms with Crippen LogP contribution < -0.4 is 10.6 Å². The van der Waals surface area contributed by atoms with Crippen LogP contribution in [0, 0.1) is 17.0 Å². The van der Waals surface area contributed by atoms with Crippen LogP contribution in [0.4, 0.5) is 11.4 Å². The van der Waals surface area contributed by atoms with Gasteiger partial charge in [-0.05, 0) is 30.8 Å². The number of rotatable bonds is 2. The van der Waals surface area contributed by atoms with Crippen molar-refractivity contribution in [2.45, 2.75) is 6.92 Å². The lowest BCUT2D eigenvalue weighted by atomic mass is 10.1. The Morgan fingerprint density at radius 1 is 1.37 bits per heavy atom. The fourth-order valence-corrected chi connectivity index (χ4v) is 2.46. The molecule has 0 amide bonds. The molecule has 0 saturated carbocycles. The van der Waals surface area contributed by atoms with E-state index in [4.69, 9.17) is 18.0 Å². The van der Waals surface area contributed by atoms with Crippen molar-refractivity contribution >= 4 is 28.7 Å². The van der Waals surface area contributed by atoms with Crippen molar-refractivity contribution in [3.63, 3.8) is 0 Å². The number of nitro benzene ring substituents is 1. The molecule has 1 heterocycles. The number of thiocarbonyl (C=S) groups is 1. The molecule has 1 fully saturated rings. The first-order valence-electron chi connectivity index (χ1n) is 6.03. The Morgan fingerprint density at radius 3 is 2.47 bits per heavy atom. The van der Waals surface area contributed by atoms with E-state index in [1.165, 1.54) is 0 Å². The van der Waals surface area contributed by atoms with Gasteiger partial charge in [-0.25, -0.2) is 0 Å². The van der Waals surface area contributed by atoms with E-state index >= 15 is 0 Å². The second-order valence-electron chi connectivity index (χ2n) is 4.54. The Kier molecular flexibility index (Phi) is 3.84. The molecular weight excluding hydrogens is 264 g/mol. The van der Waals surface area contributed by atoms with Crippen molar-refractivity contribution in [1.82, 2.24) is 4.90 Å². The minimum atomic E-state index is -0.373. The number of aryl methyl sites for hydroxylation is 1. The van der Waals surface area contributed by atoms with Gasteiger partial charge in [-0.3, -0.25) is 10.1 Å². The van der Waals surface area contributed by atoms with Gasteiger partial charge in [0.1, 0.15) is 0 Å². The summed E-state index contributed by atoms with van der Waals surface area (Å²) in [6, 6.07) is 4.96. The Morgan fingerprint density at radius 2 is 2.00 bits per heavy atom. The zero-order valence-corrected chi connectivity index (χ0v) is 11.5. The monoisotopic (exact) mass is 280 g/mol. The van der Waals surface area contributed by atoms with Crippen LogP contribution in [0.25, 0.3) is 0 Å². The van der Waals surface area contributed by atoms with E-state index in [2.05, 4.69) is 4.90 Å². The second kappa shape index (κ2) is 5.40. The fourth-order valence-electron chi connectivity index (χ4n) is 2.28. The summed E-state index contributed by atoms with van der Waals surface area (Å²) in [6.45, 7) is 5.09. The van der Waals surface area contributed by atoms with Gasteiger partial charge in [-0.15, -0.1) is 0 Å². The number of nitrogens with two attached hydrogens (primary N) is 1. The summed E-state index contributed by atoms with van der Waals surface area (Å²) in [7, 11) is 0. The maximum Gasteiger partial charge on any atom is 0.269 e. The predicted octanol–water partition coefficient (Wildman–Crippen LogP) is 1.27. The van der Waals surface area contributed by atoms with Crippen LogP contribution >= 0.6 is 12.2 Å². The molecule has 19 heavy (non-hydrogen) atoms. The molecular formula is C12H16N4O2S. The van der Waals surface area contributed by atoms with E-state index in [0.29, 0.717) is 5.11 Å². The molecule has 1 aromatic carbocycles. The average molecular weight is 280 g/mol. The standard InChI is InChI=1S/C12H16N4O2S/c1-9-8-10(16(17)18)2-3-11(9)14-4-6-15(7-5-14)12(13)19/h2-3,8H,4-7H2,1H3,(H2,13,19). The maximum atomic E-state index is 10.7. The van der Waals surface area contributed by atoms with Gasteiger partial charge in [0.15, 0.2) is 5.11 Å². The number of piperazine rings is 1. The molecule has 0 radical (unpaired) electrons. The highest BCUT2D eigenvalue weighted by atomic mass is 32.1. The zero-order valence-electron chi connectivity index (χ0n) is 10.7. The van der Waals surface area contributed by atoms with Gasteiger partial charge >= 0.3 is 0 Å². The Labute approximate surface area is 116 Å². The van der Waals surface area contributed by atoms with Gasteiger partial charge in [-0.1, -0.05) is 0 Å². The van der Waals surface area contributed by atoms with Crippen molar-refractivity contribution in [2.75, 3.05) is 31.1 Å². The minimum Gasteiger partial charge on any atom is -0.376 e. The van der Waals surface area contributed by atoms with E-state index in [1.54, 1.807) is 12.1 Å². The lowest BCUT2D eigenvalue weighted by Crippen LogP contribution is -2.50. The third kappa shape index (κ3) is 2.93. The molecule has 1 saturated heterocycles. The van der Waals surface area contributed by atoms with Crippen LogP contribution in [-0.4, -0.2) is 41.1 Å². The van der Waals surface area contributed by atoms with E-state index in [1.807, 2.05) is 17.9 Å². The van der Waals surface area contributed by atoms with Crippen LogP contribution in [0.1, 0.15) is 5.56 Å². The number of nitrogens with zero attached hydrogens (tertiary/aromatic N) is 3. The first-order valence-corrected chi connectivity index (χ1v) is 6.44. The smallest absolute Gasteiger partial charge is 0.269 e. The maximum absolute atomic E-state index is 10.7. The first-order chi connectivity index (χ1) is 8.99. The molecule has 2 rings (SSSR count). The Hall–Kier alpha value is -1.89. The molecule has 0 aliphatic carbocycles. The highest BCUT2D eigenvalue weighted by molar-refractivity contribution is 7.80. The zero-order chi connectivity index (χ0) is 14.0. The molecule has 7 heteroatoms. The Balaban J connectivity index is 2.11. The molecule has 1 aliphatic heterocycles. The van der Waals surface area contributed by atoms with Gasteiger partial charge in [0.05, 0.1) is 4.92 Å². The van der Waals surface area contributed by atoms with E-state index < -0.39 is 0 Å². The van der Waals surface area contributed by atoms with Gasteiger partial charge in [-0.2, -0.15) is 0 Å². The summed E-state index contributed by atoms with van der Waals surface area (Å²) in [6.07, 6.45) is 0. The number of benzene rings is 1. The molecule has 2 N–H and O–H groups in total. The van der Waals surface area contributed by atoms with Crippen LogP contribution in [0.3, 0.4) is 0 Å². The summed E-state index contributed by atoms with van der Waals surface area (Å²) < 4.78 is 0. The van der Waals surface area contributed by atoms with Crippen LogP contribution in [-0.2, 0) is 0 Å². The van der Waals surface area contributed by atoms with Crippen molar-refractivity contribution in [2.24, 2.45) is 5.73 Å². The van der Waals surface area contributed by atoms with Crippen LogP contribution in [0.15, 0.2) is 18.2 Å². The minimum absolute atomic E-state index is 0.128. The number of hydrogen-bond acceptors (Lipinski definition) is 4. The van der Waals surface area contributed by atoms with E-state index in [-0.39, 0.29) is 10.6 Å². The third-order valence-corrected chi connectivity index (χ3v) is 3.58. The predicted molar refractivity (Wildman–Crippen MR) is 78.4 cm³/mol. The Bertz CT molecular complexity index is 512. The summed E-state index contributed by atoms with van der Waals surface area (Å²) in [5, 5.41) is 11.1. The topological polar surface area (TPSA) is 75.6 Å². The lowest BCUT2D eigenvalue weighted by Gasteiger charge is -2.37. The lowest BCUT2D eigenvalue weighted by molar-refractivity contribution is -0.384. The quantitative estimate of drug-likeness (QED) is 0.499. The molecule has 6 nitrogen and oxygen atoms in total. The molecule has 0 unspecified atom stereocenters. The fraction of sp³-hybridized carbons (Fsp3) is 0.417. The SMILES string of the molecule is Cc1cc([N+](=O)[O-])ccc1N1CCN(C(N)=S)CC1.